The Bertz CT molecular complexity index is 948. The third-order valence-electron chi connectivity index (χ3n) is 7.45. The van der Waals surface area contributed by atoms with Crippen LogP contribution in [0.1, 0.15) is 60.0 Å². The summed E-state index contributed by atoms with van der Waals surface area (Å²) in [5, 5.41) is 8.97. The highest BCUT2D eigenvalue weighted by molar-refractivity contribution is 5.88. The molecule has 1 N–H and O–H groups in total. The zero-order chi connectivity index (χ0) is 20.9. The van der Waals surface area contributed by atoms with Gasteiger partial charge in [-0.25, -0.2) is 9.18 Å². The average molecular weight is 410 g/mol. The van der Waals surface area contributed by atoms with Gasteiger partial charge in [0.25, 0.3) is 0 Å². The molecule has 4 bridgehead atoms. The van der Waals surface area contributed by atoms with Gasteiger partial charge in [-0.1, -0.05) is 6.07 Å². The van der Waals surface area contributed by atoms with Crippen molar-refractivity contribution < 1.29 is 23.8 Å². The molecule has 0 radical (unpaired) electrons. The summed E-state index contributed by atoms with van der Waals surface area (Å²) in [5.74, 6) is 1.74. The predicted molar refractivity (Wildman–Crippen MR) is 111 cm³/mol. The molecule has 158 valence electrons. The van der Waals surface area contributed by atoms with Gasteiger partial charge in [0.2, 0.25) is 0 Å². The molecule has 4 aliphatic rings. The van der Waals surface area contributed by atoms with Gasteiger partial charge in [-0.3, -0.25) is 0 Å². The third-order valence-corrected chi connectivity index (χ3v) is 7.45. The van der Waals surface area contributed by atoms with Gasteiger partial charge >= 0.3 is 5.97 Å². The number of hydrogen-bond donors (Lipinski definition) is 1. The van der Waals surface area contributed by atoms with Crippen molar-refractivity contribution in [2.45, 2.75) is 50.5 Å². The summed E-state index contributed by atoms with van der Waals surface area (Å²) < 4.78 is 25.5. The van der Waals surface area contributed by atoms with Crippen LogP contribution < -0.4 is 9.47 Å². The molecule has 0 saturated heterocycles. The van der Waals surface area contributed by atoms with E-state index in [9.17, 15) is 9.18 Å². The highest BCUT2D eigenvalue weighted by Crippen LogP contribution is 2.61. The summed E-state index contributed by atoms with van der Waals surface area (Å²) in [7, 11) is 1.74. The highest BCUT2D eigenvalue weighted by atomic mass is 19.1. The molecular formula is C25H27FO4. The first-order chi connectivity index (χ1) is 14.5. The Kier molecular flexibility index (Phi) is 4.72. The second-order valence-corrected chi connectivity index (χ2v) is 9.47. The number of carbonyl (C=O) groups is 1. The Balaban J connectivity index is 1.39. The largest absolute Gasteiger partial charge is 0.496 e. The van der Waals surface area contributed by atoms with Crippen LogP contribution in [0.25, 0.3) is 0 Å². The van der Waals surface area contributed by atoms with Crippen LogP contribution >= 0.6 is 0 Å². The Morgan fingerprint density at radius 3 is 2.30 bits per heavy atom. The van der Waals surface area contributed by atoms with Crippen LogP contribution in [-0.4, -0.2) is 18.2 Å². The van der Waals surface area contributed by atoms with Crippen LogP contribution in [0, 0.1) is 23.6 Å². The molecule has 0 heterocycles. The number of carboxylic acids is 1. The Labute approximate surface area is 176 Å². The van der Waals surface area contributed by atoms with Crippen molar-refractivity contribution in [3.63, 3.8) is 0 Å². The summed E-state index contributed by atoms with van der Waals surface area (Å²) >= 11 is 0. The topological polar surface area (TPSA) is 55.8 Å². The Hall–Kier alpha value is -2.56. The van der Waals surface area contributed by atoms with Gasteiger partial charge in [0, 0.05) is 11.6 Å². The zero-order valence-electron chi connectivity index (χ0n) is 17.2. The second kappa shape index (κ2) is 7.29. The maximum Gasteiger partial charge on any atom is 0.338 e. The lowest BCUT2D eigenvalue weighted by atomic mass is 9.48. The Morgan fingerprint density at radius 1 is 1.07 bits per heavy atom. The fourth-order valence-corrected chi connectivity index (χ4v) is 6.63. The first-order valence-corrected chi connectivity index (χ1v) is 10.8. The molecule has 2 aromatic carbocycles. The first kappa shape index (κ1) is 19.4. The van der Waals surface area contributed by atoms with E-state index in [-0.39, 0.29) is 11.0 Å². The van der Waals surface area contributed by atoms with Crippen LogP contribution in [0.3, 0.4) is 0 Å². The standard InChI is InChI=1S/C25H27FO4/c1-29-23-5-2-15(14-30-19-3-4-20(24(27)28)22(26)10-19)9-21(23)25-11-16-6-17(12-25)8-18(7-16)13-25/h2-5,9-10,16-18H,6-8,11-14H2,1H3,(H,27,28). The van der Waals surface area contributed by atoms with Crippen molar-refractivity contribution in [2.24, 2.45) is 17.8 Å². The average Bonchev–Trinajstić information content (AvgIpc) is 2.71. The van der Waals surface area contributed by atoms with Crippen LogP contribution in [0.5, 0.6) is 11.5 Å². The summed E-state index contributed by atoms with van der Waals surface area (Å²) in [6.45, 7) is 0.301. The van der Waals surface area contributed by atoms with E-state index >= 15 is 0 Å². The summed E-state index contributed by atoms with van der Waals surface area (Å²) in [4.78, 5) is 11.0. The minimum absolute atomic E-state index is 0.214. The molecular weight excluding hydrogens is 383 g/mol. The predicted octanol–water partition coefficient (Wildman–Crippen LogP) is 5.58. The first-order valence-electron chi connectivity index (χ1n) is 10.8. The number of hydrogen-bond acceptors (Lipinski definition) is 3. The lowest BCUT2D eigenvalue weighted by molar-refractivity contribution is -0.00621. The molecule has 6 rings (SSSR count). The van der Waals surface area contributed by atoms with Crippen molar-refractivity contribution in [3.8, 4) is 11.5 Å². The van der Waals surface area contributed by atoms with E-state index < -0.39 is 11.8 Å². The SMILES string of the molecule is COc1ccc(COc2ccc(C(=O)O)c(F)c2)cc1C12CC3CC(CC(C3)C1)C2. The van der Waals surface area contributed by atoms with Crippen LogP contribution in [-0.2, 0) is 12.0 Å². The number of aromatic carboxylic acids is 1. The van der Waals surface area contributed by atoms with Crippen molar-refractivity contribution >= 4 is 5.97 Å². The molecule has 0 aliphatic heterocycles. The minimum Gasteiger partial charge on any atom is -0.496 e. The van der Waals surface area contributed by atoms with Crippen molar-refractivity contribution in [1.29, 1.82) is 0 Å². The Morgan fingerprint density at radius 2 is 1.73 bits per heavy atom. The molecule has 0 amide bonds. The lowest BCUT2D eigenvalue weighted by Crippen LogP contribution is -2.48. The fraction of sp³-hybridized carbons (Fsp3) is 0.480. The number of methoxy groups -OCH3 is 1. The molecule has 4 saturated carbocycles. The summed E-state index contributed by atoms with van der Waals surface area (Å²) in [6.07, 6.45) is 7.93. The number of carboxylic acid groups (broad SMARTS) is 1. The number of benzene rings is 2. The molecule has 0 aromatic heterocycles. The molecule has 5 heteroatoms. The molecule has 0 atom stereocenters. The van der Waals surface area contributed by atoms with Gasteiger partial charge < -0.3 is 14.6 Å². The number of ether oxygens (including phenoxy) is 2. The molecule has 30 heavy (non-hydrogen) atoms. The molecule has 0 spiro atoms. The minimum atomic E-state index is -1.28. The van der Waals surface area contributed by atoms with E-state index in [1.54, 1.807) is 7.11 Å². The van der Waals surface area contributed by atoms with E-state index in [2.05, 4.69) is 6.07 Å². The zero-order valence-corrected chi connectivity index (χ0v) is 17.2. The third kappa shape index (κ3) is 3.34. The fourth-order valence-electron chi connectivity index (χ4n) is 6.63. The van der Waals surface area contributed by atoms with Gasteiger partial charge in [0.1, 0.15) is 23.9 Å². The van der Waals surface area contributed by atoms with Gasteiger partial charge in [-0.05, 0) is 91.5 Å². The summed E-state index contributed by atoms with van der Waals surface area (Å²) in [5.41, 5.74) is 2.18. The van der Waals surface area contributed by atoms with E-state index in [0.717, 1.165) is 35.1 Å². The van der Waals surface area contributed by atoms with Crippen molar-refractivity contribution in [1.82, 2.24) is 0 Å². The van der Waals surface area contributed by atoms with Crippen LogP contribution in [0.2, 0.25) is 0 Å². The maximum absolute atomic E-state index is 13.9. The van der Waals surface area contributed by atoms with Gasteiger partial charge in [-0.15, -0.1) is 0 Å². The quantitative estimate of drug-likeness (QED) is 0.675. The van der Waals surface area contributed by atoms with Gasteiger partial charge in [-0.2, -0.15) is 0 Å². The van der Waals surface area contributed by atoms with Crippen LogP contribution in [0.15, 0.2) is 36.4 Å². The molecule has 2 aromatic rings. The van der Waals surface area contributed by atoms with Gasteiger partial charge in [0.05, 0.1) is 12.7 Å². The number of rotatable bonds is 6. The van der Waals surface area contributed by atoms with Crippen molar-refractivity contribution in [2.75, 3.05) is 7.11 Å². The molecule has 4 aliphatic carbocycles. The highest BCUT2D eigenvalue weighted by Gasteiger charge is 2.52. The lowest BCUT2D eigenvalue weighted by Gasteiger charge is -2.57. The van der Waals surface area contributed by atoms with E-state index in [4.69, 9.17) is 14.6 Å². The van der Waals surface area contributed by atoms with E-state index in [0.29, 0.717) is 12.4 Å². The second-order valence-electron chi connectivity index (χ2n) is 9.47. The monoisotopic (exact) mass is 410 g/mol. The van der Waals surface area contributed by atoms with E-state index in [1.165, 1.54) is 56.2 Å². The summed E-state index contributed by atoms with van der Waals surface area (Å²) in [6, 6.07) is 10.1. The molecule has 4 nitrogen and oxygen atoms in total. The van der Waals surface area contributed by atoms with E-state index in [1.807, 2.05) is 12.1 Å². The smallest absolute Gasteiger partial charge is 0.338 e. The number of halogens is 1. The van der Waals surface area contributed by atoms with Crippen molar-refractivity contribution in [3.05, 3.63) is 58.9 Å². The molecule has 0 unspecified atom stereocenters. The maximum atomic E-state index is 13.9. The molecule has 4 fully saturated rings. The van der Waals surface area contributed by atoms with Crippen LogP contribution in [0.4, 0.5) is 4.39 Å². The van der Waals surface area contributed by atoms with Gasteiger partial charge in [0.15, 0.2) is 0 Å². The normalized spacial score (nSPS) is 29.1.